The standard InChI is InChI=1S/C21H17BrN2O3S/c1-15(25)17-8-5-9-19(14-17)23-21(16-6-3-2-4-7-16)24-28(26,27)20-12-10-18(22)11-13-20/h2-14H,1H3,(H,23,24). The van der Waals surface area contributed by atoms with E-state index in [2.05, 4.69) is 25.6 Å². The molecule has 28 heavy (non-hydrogen) atoms. The van der Waals surface area contributed by atoms with E-state index in [0.717, 1.165) is 4.47 Å². The van der Waals surface area contributed by atoms with Crippen molar-refractivity contribution < 1.29 is 13.2 Å². The van der Waals surface area contributed by atoms with Gasteiger partial charge in [0.1, 0.15) is 0 Å². The van der Waals surface area contributed by atoms with Gasteiger partial charge >= 0.3 is 0 Å². The van der Waals surface area contributed by atoms with Gasteiger partial charge in [-0.05, 0) is 43.3 Å². The lowest BCUT2D eigenvalue weighted by Gasteiger charge is -2.11. The van der Waals surface area contributed by atoms with Crippen LogP contribution in [0.5, 0.6) is 0 Å². The van der Waals surface area contributed by atoms with E-state index < -0.39 is 10.0 Å². The lowest BCUT2D eigenvalue weighted by Crippen LogP contribution is -2.16. The zero-order valence-corrected chi connectivity index (χ0v) is 17.4. The van der Waals surface area contributed by atoms with Crippen LogP contribution in [0.4, 0.5) is 5.69 Å². The number of hydrogen-bond acceptors (Lipinski definition) is 3. The van der Waals surface area contributed by atoms with Crippen molar-refractivity contribution >= 4 is 43.3 Å². The second-order valence-electron chi connectivity index (χ2n) is 6.00. The first-order valence-electron chi connectivity index (χ1n) is 8.39. The average Bonchev–Trinajstić information content (AvgIpc) is 2.68. The lowest BCUT2D eigenvalue weighted by atomic mass is 10.1. The Labute approximate surface area is 172 Å². The molecule has 0 radical (unpaired) electrons. The van der Waals surface area contributed by atoms with E-state index in [9.17, 15) is 13.2 Å². The van der Waals surface area contributed by atoms with Gasteiger partial charge in [0, 0.05) is 21.3 Å². The molecule has 0 fully saturated rings. The number of anilines is 1. The van der Waals surface area contributed by atoms with E-state index in [0.29, 0.717) is 16.8 Å². The number of sulfonamides is 1. The molecule has 0 amide bonds. The molecule has 5 nitrogen and oxygen atoms in total. The van der Waals surface area contributed by atoms with Crippen molar-refractivity contribution in [2.45, 2.75) is 11.8 Å². The first-order valence-corrected chi connectivity index (χ1v) is 10.6. The van der Waals surface area contributed by atoms with Gasteiger partial charge in [0.05, 0.1) is 4.90 Å². The molecule has 3 aromatic rings. The molecule has 7 heteroatoms. The number of halogens is 1. The molecule has 0 heterocycles. The number of carbonyl (C=O) groups excluding carboxylic acids is 1. The summed E-state index contributed by atoms with van der Waals surface area (Å²) in [5.41, 5.74) is 1.70. The summed E-state index contributed by atoms with van der Waals surface area (Å²) < 4.78 is 30.4. The number of amidine groups is 1. The minimum absolute atomic E-state index is 0.0793. The highest BCUT2D eigenvalue weighted by molar-refractivity contribution is 9.10. The van der Waals surface area contributed by atoms with Crippen molar-refractivity contribution in [3.8, 4) is 0 Å². The zero-order chi connectivity index (χ0) is 20.1. The monoisotopic (exact) mass is 456 g/mol. The molecular weight excluding hydrogens is 440 g/mol. The smallest absolute Gasteiger partial charge is 0.284 e. The third kappa shape index (κ3) is 4.94. The van der Waals surface area contributed by atoms with Gasteiger partial charge in [0.15, 0.2) is 11.6 Å². The molecule has 1 N–H and O–H groups in total. The highest BCUT2D eigenvalue weighted by Crippen LogP contribution is 2.19. The van der Waals surface area contributed by atoms with Crippen LogP contribution in [0.3, 0.4) is 0 Å². The highest BCUT2D eigenvalue weighted by atomic mass is 79.9. The van der Waals surface area contributed by atoms with Crippen molar-refractivity contribution in [2.24, 2.45) is 4.40 Å². The van der Waals surface area contributed by atoms with Crippen molar-refractivity contribution in [3.05, 3.63) is 94.5 Å². The van der Waals surface area contributed by atoms with Crippen LogP contribution >= 0.6 is 15.9 Å². The molecule has 3 rings (SSSR count). The Morgan fingerprint density at radius 3 is 2.18 bits per heavy atom. The third-order valence-corrected chi connectivity index (χ3v) is 5.72. The molecule has 142 valence electrons. The molecule has 0 atom stereocenters. The van der Waals surface area contributed by atoms with Crippen LogP contribution in [0.25, 0.3) is 0 Å². The lowest BCUT2D eigenvalue weighted by molar-refractivity contribution is 0.101. The summed E-state index contributed by atoms with van der Waals surface area (Å²) in [7, 11) is -3.93. The molecule has 0 saturated carbocycles. The number of nitrogens with one attached hydrogen (secondary N) is 1. The van der Waals surface area contributed by atoms with E-state index >= 15 is 0 Å². The zero-order valence-electron chi connectivity index (χ0n) is 15.0. The topological polar surface area (TPSA) is 75.6 Å². The van der Waals surface area contributed by atoms with Crippen LogP contribution < -0.4 is 5.32 Å². The molecule has 0 saturated heterocycles. The van der Waals surface area contributed by atoms with Crippen molar-refractivity contribution in [3.63, 3.8) is 0 Å². The second-order valence-corrected chi connectivity index (χ2v) is 8.52. The van der Waals surface area contributed by atoms with E-state index in [-0.39, 0.29) is 16.5 Å². The van der Waals surface area contributed by atoms with Gasteiger partial charge in [-0.2, -0.15) is 8.42 Å². The Morgan fingerprint density at radius 1 is 0.893 bits per heavy atom. The fourth-order valence-corrected chi connectivity index (χ4v) is 3.72. The van der Waals surface area contributed by atoms with E-state index in [1.807, 2.05) is 6.07 Å². The van der Waals surface area contributed by atoms with Gasteiger partial charge in [-0.25, -0.2) is 0 Å². The first-order chi connectivity index (χ1) is 13.3. The van der Waals surface area contributed by atoms with E-state index in [4.69, 9.17) is 0 Å². The van der Waals surface area contributed by atoms with Crippen molar-refractivity contribution in [1.82, 2.24) is 0 Å². The summed E-state index contributed by atoms with van der Waals surface area (Å²) in [6, 6.07) is 22.1. The molecule has 0 aliphatic rings. The highest BCUT2D eigenvalue weighted by Gasteiger charge is 2.16. The van der Waals surface area contributed by atoms with Crippen LogP contribution in [0, 0.1) is 0 Å². The Hall–Kier alpha value is -2.77. The van der Waals surface area contributed by atoms with Crippen LogP contribution in [-0.4, -0.2) is 20.0 Å². The molecule has 3 aromatic carbocycles. The van der Waals surface area contributed by atoms with Crippen molar-refractivity contribution in [1.29, 1.82) is 0 Å². The van der Waals surface area contributed by atoms with Crippen molar-refractivity contribution in [2.75, 3.05) is 5.32 Å². The van der Waals surface area contributed by atoms with Crippen LogP contribution in [0.15, 0.2) is 92.6 Å². The Balaban J connectivity index is 2.05. The SMILES string of the molecule is CC(=O)c1cccc(N/C(=N\S(=O)(=O)c2ccc(Br)cc2)c2ccccc2)c1. The molecule has 0 aliphatic heterocycles. The maximum Gasteiger partial charge on any atom is 0.284 e. The van der Waals surface area contributed by atoms with Gasteiger partial charge in [0.25, 0.3) is 10.0 Å². The second kappa shape index (κ2) is 8.50. The van der Waals surface area contributed by atoms with E-state index in [1.54, 1.807) is 60.7 Å². The molecule has 0 aliphatic carbocycles. The average molecular weight is 457 g/mol. The van der Waals surface area contributed by atoms with Gasteiger partial charge < -0.3 is 5.32 Å². The minimum atomic E-state index is -3.93. The molecule has 0 unspecified atom stereocenters. The fourth-order valence-electron chi connectivity index (χ4n) is 2.48. The van der Waals surface area contributed by atoms with Crippen LogP contribution in [0.2, 0.25) is 0 Å². The molecule has 0 aromatic heterocycles. The van der Waals surface area contributed by atoms with E-state index in [1.165, 1.54) is 19.1 Å². The summed E-state index contributed by atoms with van der Waals surface area (Å²) >= 11 is 3.29. The molecule has 0 bridgehead atoms. The number of Topliss-reactive ketones (excluding diaryl/α,β-unsaturated/α-hetero) is 1. The number of benzene rings is 3. The summed E-state index contributed by atoms with van der Waals surface area (Å²) in [6.45, 7) is 1.48. The largest absolute Gasteiger partial charge is 0.339 e. The van der Waals surface area contributed by atoms with Crippen LogP contribution in [-0.2, 0) is 10.0 Å². The maximum absolute atomic E-state index is 12.8. The maximum atomic E-state index is 12.8. The number of nitrogens with zero attached hydrogens (tertiary/aromatic N) is 1. The minimum Gasteiger partial charge on any atom is -0.339 e. The number of carbonyl (C=O) groups is 1. The number of rotatable bonds is 5. The fraction of sp³-hybridized carbons (Fsp3) is 0.0476. The van der Waals surface area contributed by atoms with Crippen LogP contribution in [0.1, 0.15) is 22.8 Å². The predicted molar refractivity (Wildman–Crippen MR) is 114 cm³/mol. The summed E-state index contributed by atoms with van der Waals surface area (Å²) in [4.78, 5) is 11.7. The Bertz CT molecular complexity index is 1130. The third-order valence-electron chi connectivity index (χ3n) is 3.90. The van der Waals surface area contributed by atoms with Gasteiger partial charge in [-0.1, -0.05) is 58.4 Å². The van der Waals surface area contributed by atoms with Gasteiger partial charge in [0.2, 0.25) is 0 Å². The van der Waals surface area contributed by atoms with Gasteiger partial charge in [-0.15, -0.1) is 4.40 Å². The Morgan fingerprint density at radius 2 is 1.54 bits per heavy atom. The summed E-state index contributed by atoms with van der Waals surface area (Å²) in [5, 5.41) is 3.04. The Kier molecular flexibility index (Phi) is 6.06. The summed E-state index contributed by atoms with van der Waals surface area (Å²) in [5.74, 6) is 0.0913. The number of ketones is 1. The normalized spacial score (nSPS) is 11.9. The number of hydrogen-bond donors (Lipinski definition) is 1. The van der Waals surface area contributed by atoms with Gasteiger partial charge in [-0.3, -0.25) is 4.79 Å². The predicted octanol–water partition coefficient (Wildman–Crippen LogP) is 4.90. The summed E-state index contributed by atoms with van der Waals surface area (Å²) in [6.07, 6.45) is 0. The molecular formula is C21H17BrN2O3S. The quantitative estimate of drug-likeness (QED) is 0.336. The first kappa shape index (κ1) is 20.0. The molecule has 0 spiro atoms.